The zero-order valence-electron chi connectivity index (χ0n) is 12.0. The van der Waals surface area contributed by atoms with Gasteiger partial charge in [0.2, 0.25) is 0 Å². The summed E-state index contributed by atoms with van der Waals surface area (Å²) in [4.78, 5) is 16.6. The van der Waals surface area contributed by atoms with Crippen LogP contribution in [-0.4, -0.2) is 28.9 Å². The first kappa shape index (κ1) is 15.2. The van der Waals surface area contributed by atoms with Crippen molar-refractivity contribution in [2.45, 2.75) is 44.9 Å². The van der Waals surface area contributed by atoms with Crippen molar-refractivity contribution in [1.29, 1.82) is 0 Å². The highest BCUT2D eigenvalue weighted by Crippen LogP contribution is 2.40. The molecule has 0 aliphatic carbocycles. The second-order valence-electron chi connectivity index (χ2n) is 5.62. The van der Waals surface area contributed by atoms with Gasteiger partial charge in [0.25, 0.3) is 0 Å². The number of ether oxygens (including phenoxy) is 1. The first-order chi connectivity index (χ1) is 9.23. The number of aliphatic hydroxyl groups excluding tert-OH is 1. The van der Waals surface area contributed by atoms with E-state index in [0.29, 0.717) is 5.69 Å². The number of fused-ring (bicyclic) bond motifs is 1. The number of halogens is 1. The number of aromatic nitrogens is 1. The molecule has 0 saturated carbocycles. The fraction of sp³-hybridized carbons (Fsp3) is 0.571. The Kier molecular flexibility index (Phi) is 3.79. The van der Waals surface area contributed by atoms with Gasteiger partial charge >= 0.3 is 5.97 Å². The fourth-order valence-corrected chi connectivity index (χ4v) is 2.67. The number of rotatable bonds is 2. The molecule has 2 unspecified atom stereocenters. The number of carbonyl (C=O) groups excluding carboxylic acids is 1. The molecule has 20 heavy (non-hydrogen) atoms. The van der Waals surface area contributed by atoms with Crippen molar-refractivity contribution < 1.29 is 14.6 Å². The Hall–Kier alpha value is -1.17. The minimum atomic E-state index is -1.29. The average molecular weight is 299 g/mol. The van der Waals surface area contributed by atoms with Crippen molar-refractivity contribution in [3.8, 4) is 0 Å². The van der Waals surface area contributed by atoms with Crippen LogP contribution in [0.15, 0.2) is 12.1 Å². The molecule has 0 saturated heterocycles. The van der Waals surface area contributed by atoms with Crippen LogP contribution < -0.4 is 5.32 Å². The Balaban J connectivity index is 2.65. The summed E-state index contributed by atoms with van der Waals surface area (Å²) in [7, 11) is 0. The van der Waals surface area contributed by atoms with Crippen LogP contribution in [0.2, 0.25) is 5.15 Å². The number of esters is 1. The highest BCUT2D eigenvalue weighted by Gasteiger charge is 2.53. The van der Waals surface area contributed by atoms with Crippen LogP contribution in [0.1, 0.15) is 39.0 Å². The van der Waals surface area contributed by atoms with E-state index in [-0.39, 0.29) is 11.8 Å². The van der Waals surface area contributed by atoms with E-state index in [2.05, 4.69) is 10.3 Å². The van der Waals surface area contributed by atoms with E-state index in [0.717, 1.165) is 5.56 Å². The number of hydrogen-bond acceptors (Lipinski definition) is 5. The monoisotopic (exact) mass is 298 g/mol. The first-order valence-corrected chi connectivity index (χ1v) is 6.91. The first-order valence-electron chi connectivity index (χ1n) is 6.54. The molecule has 1 aromatic heterocycles. The van der Waals surface area contributed by atoms with Crippen molar-refractivity contribution >= 4 is 17.6 Å². The summed E-state index contributed by atoms with van der Waals surface area (Å²) in [6.45, 7) is 7.39. The average Bonchev–Trinajstić information content (AvgIpc) is 2.35. The molecule has 0 fully saturated rings. The van der Waals surface area contributed by atoms with Crippen molar-refractivity contribution in [3.63, 3.8) is 0 Å². The van der Waals surface area contributed by atoms with Crippen molar-refractivity contribution in [2.75, 3.05) is 6.61 Å². The van der Waals surface area contributed by atoms with Crippen LogP contribution in [0.4, 0.5) is 0 Å². The van der Waals surface area contributed by atoms with E-state index in [1.807, 2.05) is 19.9 Å². The summed E-state index contributed by atoms with van der Waals surface area (Å²) in [6, 6.07) is 3.49. The summed E-state index contributed by atoms with van der Waals surface area (Å²) in [5, 5.41) is 13.7. The van der Waals surface area contributed by atoms with E-state index in [4.69, 9.17) is 16.3 Å². The standard InChI is InChI=1S/C14H19ClN2O3/c1-5-20-12(19)14(4)10-8(6-7-9(15)16-10)13(2,3)17-11(14)18/h6-7,11,17-18H,5H2,1-4H3. The third-order valence-corrected chi connectivity index (χ3v) is 3.98. The quantitative estimate of drug-likeness (QED) is 0.642. The SMILES string of the molecule is CCOC(=O)C1(C)c2nc(Cl)ccc2C(C)(C)NC1O. The molecule has 1 aromatic rings. The lowest BCUT2D eigenvalue weighted by Crippen LogP contribution is -2.62. The molecular formula is C14H19ClN2O3. The topological polar surface area (TPSA) is 71.5 Å². The smallest absolute Gasteiger partial charge is 0.321 e. The molecule has 0 amide bonds. The van der Waals surface area contributed by atoms with Crippen LogP contribution in [0.25, 0.3) is 0 Å². The highest BCUT2D eigenvalue weighted by molar-refractivity contribution is 6.29. The Bertz CT molecular complexity index is 547. The van der Waals surface area contributed by atoms with Gasteiger partial charge in [0.05, 0.1) is 12.3 Å². The lowest BCUT2D eigenvalue weighted by molar-refractivity contribution is -0.157. The third kappa shape index (κ3) is 2.20. The molecule has 0 aromatic carbocycles. The number of hydrogen-bond donors (Lipinski definition) is 2. The Morgan fingerprint density at radius 1 is 1.50 bits per heavy atom. The second kappa shape index (κ2) is 4.98. The maximum atomic E-state index is 12.3. The van der Waals surface area contributed by atoms with Crippen LogP contribution in [0.5, 0.6) is 0 Å². The van der Waals surface area contributed by atoms with E-state index >= 15 is 0 Å². The Morgan fingerprint density at radius 2 is 2.15 bits per heavy atom. The molecule has 2 atom stereocenters. The van der Waals surface area contributed by atoms with Crippen molar-refractivity contribution in [1.82, 2.24) is 10.3 Å². The minimum Gasteiger partial charge on any atom is -0.465 e. The van der Waals surface area contributed by atoms with Crippen LogP contribution in [-0.2, 0) is 20.5 Å². The molecule has 0 bridgehead atoms. The zero-order chi connectivity index (χ0) is 15.1. The predicted octanol–water partition coefficient (Wildman–Crippen LogP) is 1.71. The second-order valence-corrected chi connectivity index (χ2v) is 6.01. The molecule has 2 heterocycles. The molecule has 110 valence electrons. The summed E-state index contributed by atoms with van der Waals surface area (Å²) >= 11 is 5.96. The molecule has 0 spiro atoms. The maximum absolute atomic E-state index is 12.3. The molecule has 2 N–H and O–H groups in total. The summed E-state index contributed by atoms with van der Waals surface area (Å²) in [5.41, 5.74) is -0.521. The number of carbonyl (C=O) groups is 1. The Labute approximate surface area is 123 Å². The molecule has 2 rings (SSSR count). The third-order valence-electron chi connectivity index (χ3n) is 3.77. The lowest BCUT2D eigenvalue weighted by atomic mass is 9.73. The van der Waals surface area contributed by atoms with E-state index in [9.17, 15) is 9.90 Å². The Morgan fingerprint density at radius 3 is 2.75 bits per heavy atom. The number of nitrogens with one attached hydrogen (secondary N) is 1. The summed E-state index contributed by atoms with van der Waals surface area (Å²) in [5.74, 6) is -0.522. The fourth-order valence-electron chi connectivity index (χ4n) is 2.52. The van der Waals surface area contributed by atoms with E-state index in [1.165, 1.54) is 0 Å². The lowest BCUT2D eigenvalue weighted by Gasteiger charge is -2.45. The van der Waals surface area contributed by atoms with E-state index < -0.39 is 23.2 Å². The van der Waals surface area contributed by atoms with Gasteiger partial charge in [-0.15, -0.1) is 0 Å². The molecule has 1 aliphatic rings. The molecule has 5 nitrogen and oxygen atoms in total. The van der Waals surface area contributed by atoms with Crippen LogP contribution in [0, 0.1) is 0 Å². The van der Waals surface area contributed by atoms with Crippen LogP contribution in [0.3, 0.4) is 0 Å². The van der Waals surface area contributed by atoms with Gasteiger partial charge in [0, 0.05) is 5.54 Å². The minimum absolute atomic E-state index is 0.237. The van der Waals surface area contributed by atoms with Crippen molar-refractivity contribution in [3.05, 3.63) is 28.5 Å². The number of nitrogens with zero attached hydrogens (tertiary/aromatic N) is 1. The number of pyridine rings is 1. The van der Waals surface area contributed by atoms with Gasteiger partial charge < -0.3 is 9.84 Å². The normalized spacial score (nSPS) is 27.8. The van der Waals surface area contributed by atoms with Gasteiger partial charge in [-0.3, -0.25) is 10.1 Å². The predicted molar refractivity (Wildman–Crippen MR) is 75.4 cm³/mol. The maximum Gasteiger partial charge on any atom is 0.321 e. The largest absolute Gasteiger partial charge is 0.465 e. The molecule has 6 heteroatoms. The van der Waals surface area contributed by atoms with Gasteiger partial charge in [0.15, 0.2) is 0 Å². The molecule has 0 radical (unpaired) electrons. The highest BCUT2D eigenvalue weighted by atomic mass is 35.5. The van der Waals surface area contributed by atoms with Gasteiger partial charge in [-0.2, -0.15) is 0 Å². The molecular weight excluding hydrogens is 280 g/mol. The number of aliphatic hydroxyl groups is 1. The van der Waals surface area contributed by atoms with Crippen LogP contribution >= 0.6 is 11.6 Å². The summed E-state index contributed by atoms with van der Waals surface area (Å²) < 4.78 is 5.10. The van der Waals surface area contributed by atoms with Gasteiger partial charge in [0.1, 0.15) is 16.8 Å². The summed E-state index contributed by atoms with van der Waals surface area (Å²) in [6.07, 6.45) is -1.10. The molecule has 1 aliphatic heterocycles. The van der Waals surface area contributed by atoms with Crippen molar-refractivity contribution in [2.24, 2.45) is 0 Å². The van der Waals surface area contributed by atoms with E-state index in [1.54, 1.807) is 19.9 Å². The van der Waals surface area contributed by atoms with Gasteiger partial charge in [-0.05, 0) is 39.3 Å². The van der Waals surface area contributed by atoms with Gasteiger partial charge in [-0.1, -0.05) is 17.7 Å². The van der Waals surface area contributed by atoms with Gasteiger partial charge in [-0.25, -0.2) is 4.98 Å². The zero-order valence-corrected chi connectivity index (χ0v) is 12.8.